The van der Waals surface area contributed by atoms with Crippen LogP contribution in [0.1, 0.15) is 13.8 Å². The molecule has 0 bridgehead atoms. The molecule has 0 saturated carbocycles. The fourth-order valence-corrected chi connectivity index (χ4v) is 2.95. The Balaban J connectivity index is 2.74. The van der Waals surface area contributed by atoms with Crippen molar-refractivity contribution < 1.29 is 21.9 Å². The molecule has 7 heteroatoms. The van der Waals surface area contributed by atoms with Crippen LogP contribution in [0, 0.1) is 23.5 Å². The van der Waals surface area contributed by atoms with Gasteiger partial charge in [0.25, 0.3) is 0 Å². The van der Waals surface area contributed by atoms with Gasteiger partial charge < -0.3 is 4.74 Å². The van der Waals surface area contributed by atoms with Crippen molar-refractivity contribution in [3.63, 3.8) is 0 Å². The van der Waals surface area contributed by atoms with E-state index in [9.17, 15) is 17.2 Å². The van der Waals surface area contributed by atoms with E-state index in [1.54, 1.807) is 13.8 Å². The predicted octanol–water partition coefficient (Wildman–Crippen LogP) is 3.18. The van der Waals surface area contributed by atoms with Crippen LogP contribution in [0.2, 0.25) is 0 Å². The Hall–Kier alpha value is -0.880. The Bertz CT molecular complexity index is 532. The van der Waals surface area contributed by atoms with E-state index in [2.05, 4.69) is 0 Å². The summed E-state index contributed by atoms with van der Waals surface area (Å²) in [5.74, 6) is -2.25. The molecule has 1 atom stereocenters. The van der Waals surface area contributed by atoms with Gasteiger partial charge >= 0.3 is 0 Å². The standard InChI is InChI=1S/C12H15ClF2O3S/c1-8(2)9(7-19(13,16)17)6-18-12-5-10(14)3-4-11(12)15/h3-5,8-9H,6-7H2,1-2H3. The highest BCUT2D eigenvalue weighted by atomic mass is 35.7. The number of halogens is 3. The highest BCUT2D eigenvalue weighted by Crippen LogP contribution is 2.21. The first kappa shape index (κ1) is 16.2. The SMILES string of the molecule is CC(C)C(COc1cc(F)ccc1F)CS(=O)(=O)Cl. The molecule has 1 unspecified atom stereocenters. The van der Waals surface area contributed by atoms with Crippen molar-refractivity contribution in [3.05, 3.63) is 29.8 Å². The van der Waals surface area contributed by atoms with Crippen LogP contribution in [-0.2, 0) is 9.05 Å². The Morgan fingerprint density at radius 2 is 1.95 bits per heavy atom. The topological polar surface area (TPSA) is 43.4 Å². The lowest BCUT2D eigenvalue weighted by Gasteiger charge is -2.19. The normalized spacial score (nSPS) is 13.6. The van der Waals surface area contributed by atoms with Gasteiger partial charge in [-0.25, -0.2) is 17.2 Å². The summed E-state index contributed by atoms with van der Waals surface area (Å²) in [4.78, 5) is 0. The van der Waals surface area contributed by atoms with Crippen LogP contribution in [0.15, 0.2) is 18.2 Å². The highest BCUT2D eigenvalue weighted by Gasteiger charge is 2.21. The van der Waals surface area contributed by atoms with E-state index < -0.39 is 26.6 Å². The first-order valence-corrected chi connectivity index (χ1v) is 8.17. The molecule has 0 N–H and O–H groups in total. The van der Waals surface area contributed by atoms with Crippen LogP contribution in [0.25, 0.3) is 0 Å². The van der Waals surface area contributed by atoms with Crippen LogP contribution in [0.5, 0.6) is 5.75 Å². The monoisotopic (exact) mass is 312 g/mol. The van der Waals surface area contributed by atoms with Crippen molar-refractivity contribution in [1.29, 1.82) is 0 Å². The molecule has 0 fully saturated rings. The fraction of sp³-hybridized carbons (Fsp3) is 0.500. The zero-order valence-electron chi connectivity index (χ0n) is 10.6. The third-order valence-electron chi connectivity index (χ3n) is 2.70. The first-order valence-electron chi connectivity index (χ1n) is 5.69. The smallest absolute Gasteiger partial charge is 0.233 e. The van der Waals surface area contributed by atoms with Crippen LogP contribution >= 0.6 is 10.7 Å². The van der Waals surface area contributed by atoms with Gasteiger partial charge in [-0.2, -0.15) is 0 Å². The minimum Gasteiger partial charge on any atom is -0.490 e. The van der Waals surface area contributed by atoms with E-state index >= 15 is 0 Å². The maximum absolute atomic E-state index is 13.3. The molecule has 0 saturated heterocycles. The number of benzene rings is 1. The minimum atomic E-state index is -3.67. The molecule has 108 valence electrons. The lowest BCUT2D eigenvalue weighted by atomic mass is 9.99. The summed E-state index contributed by atoms with van der Waals surface area (Å²) < 4.78 is 53.5. The average Bonchev–Trinajstić information content (AvgIpc) is 2.26. The van der Waals surface area contributed by atoms with Crippen LogP contribution in [0.4, 0.5) is 8.78 Å². The van der Waals surface area contributed by atoms with Crippen molar-refractivity contribution in [2.75, 3.05) is 12.4 Å². The van der Waals surface area contributed by atoms with Crippen LogP contribution in [-0.4, -0.2) is 20.8 Å². The lowest BCUT2D eigenvalue weighted by Crippen LogP contribution is -2.24. The quantitative estimate of drug-likeness (QED) is 0.758. The molecule has 0 radical (unpaired) electrons. The van der Waals surface area contributed by atoms with Crippen molar-refractivity contribution >= 4 is 19.7 Å². The Kier molecular flexibility index (Phi) is 5.55. The number of rotatable bonds is 6. The van der Waals surface area contributed by atoms with E-state index in [1.165, 1.54) is 0 Å². The van der Waals surface area contributed by atoms with Crippen molar-refractivity contribution in [3.8, 4) is 5.75 Å². The molecule has 0 spiro atoms. The van der Waals surface area contributed by atoms with E-state index in [0.29, 0.717) is 0 Å². The molecule has 0 aliphatic carbocycles. The van der Waals surface area contributed by atoms with E-state index in [4.69, 9.17) is 15.4 Å². The highest BCUT2D eigenvalue weighted by molar-refractivity contribution is 8.13. The van der Waals surface area contributed by atoms with Gasteiger partial charge in [0, 0.05) is 22.7 Å². The molecule has 3 nitrogen and oxygen atoms in total. The zero-order valence-corrected chi connectivity index (χ0v) is 12.1. The molecule has 0 aliphatic rings. The van der Waals surface area contributed by atoms with Gasteiger partial charge in [-0.1, -0.05) is 13.8 Å². The molecule has 1 aromatic rings. The summed E-state index contributed by atoms with van der Waals surface area (Å²) in [6, 6.07) is 2.85. The van der Waals surface area contributed by atoms with E-state index in [-0.39, 0.29) is 24.0 Å². The summed E-state index contributed by atoms with van der Waals surface area (Å²) in [5, 5.41) is 0. The first-order chi connectivity index (χ1) is 8.69. The van der Waals surface area contributed by atoms with Crippen LogP contribution < -0.4 is 4.74 Å². The third-order valence-corrected chi connectivity index (χ3v) is 3.91. The fourth-order valence-electron chi connectivity index (χ4n) is 1.47. The number of hydrogen-bond acceptors (Lipinski definition) is 3. The van der Waals surface area contributed by atoms with Gasteiger partial charge in [0.05, 0.1) is 12.4 Å². The number of hydrogen-bond donors (Lipinski definition) is 0. The maximum atomic E-state index is 13.3. The van der Waals surface area contributed by atoms with Crippen molar-refractivity contribution in [2.24, 2.45) is 11.8 Å². The second-order valence-electron chi connectivity index (χ2n) is 4.60. The van der Waals surface area contributed by atoms with E-state index in [0.717, 1.165) is 18.2 Å². The summed E-state index contributed by atoms with van der Waals surface area (Å²) in [5.41, 5.74) is 0. The molecule has 0 amide bonds. The second-order valence-corrected chi connectivity index (χ2v) is 7.42. The zero-order chi connectivity index (χ0) is 14.6. The summed E-state index contributed by atoms with van der Waals surface area (Å²) in [7, 11) is 1.53. The summed E-state index contributed by atoms with van der Waals surface area (Å²) in [6.07, 6.45) is 0. The molecular formula is C12H15ClF2O3S. The number of ether oxygens (including phenoxy) is 1. The molecule has 0 aromatic heterocycles. The molecule has 0 aliphatic heterocycles. The molecular weight excluding hydrogens is 298 g/mol. The van der Waals surface area contributed by atoms with Gasteiger partial charge in [0.2, 0.25) is 9.05 Å². The van der Waals surface area contributed by atoms with Crippen molar-refractivity contribution in [1.82, 2.24) is 0 Å². The van der Waals surface area contributed by atoms with Gasteiger partial charge in [0.1, 0.15) is 5.82 Å². The molecule has 19 heavy (non-hydrogen) atoms. The van der Waals surface area contributed by atoms with Gasteiger partial charge in [-0.15, -0.1) is 0 Å². The Labute approximate surface area is 115 Å². The Morgan fingerprint density at radius 1 is 1.32 bits per heavy atom. The van der Waals surface area contributed by atoms with Gasteiger partial charge in [-0.3, -0.25) is 0 Å². The second kappa shape index (κ2) is 6.52. The molecule has 1 aromatic carbocycles. The average molecular weight is 313 g/mol. The Morgan fingerprint density at radius 3 is 2.47 bits per heavy atom. The summed E-state index contributed by atoms with van der Waals surface area (Å²) in [6.45, 7) is 3.56. The third kappa shape index (κ3) is 5.74. The molecule has 0 heterocycles. The van der Waals surface area contributed by atoms with Gasteiger partial charge in [-0.05, 0) is 18.1 Å². The molecule has 1 rings (SSSR count). The largest absolute Gasteiger partial charge is 0.490 e. The lowest BCUT2D eigenvalue weighted by molar-refractivity contribution is 0.216. The van der Waals surface area contributed by atoms with Gasteiger partial charge in [0.15, 0.2) is 11.6 Å². The minimum absolute atomic E-state index is 0.0230. The summed E-state index contributed by atoms with van der Waals surface area (Å²) >= 11 is 0. The van der Waals surface area contributed by atoms with Crippen molar-refractivity contribution in [2.45, 2.75) is 13.8 Å². The van der Waals surface area contributed by atoms with E-state index in [1.807, 2.05) is 0 Å². The predicted molar refractivity (Wildman–Crippen MR) is 69.8 cm³/mol. The van der Waals surface area contributed by atoms with Crippen LogP contribution in [0.3, 0.4) is 0 Å². The maximum Gasteiger partial charge on any atom is 0.233 e.